The summed E-state index contributed by atoms with van der Waals surface area (Å²) in [6.07, 6.45) is 0.950. The molecule has 0 aliphatic carbocycles. The summed E-state index contributed by atoms with van der Waals surface area (Å²) in [5, 5.41) is 9.74. The molecular formula is C19H20NNaO3. The number of ether oxygens (including phenoxy) is 1. The van der Waals surface area contributed by atoms with E-state index in [1.807, 2.05) is 36.4 Å². The number of nitrogens with zero attached hydrogens (tertiary/aromatic N) is 1. The first-order valence-electron chi connectivity index (χ1n) is 7.62. The van der Waals surface area contributed by atoms with E-state index in [-0.39, 0.29) is 36.2 Å². The second kappa shape index (κ2) is 8.38. The van der Waals surface area contributed by atoms with Gasteiger partial charge in [-0.15, -0.1) is 0 Å². The number of carbonyl (C=O) groups is 1. The summed E-state index contributed by atoms with van der Waals surface area (Å²) in [6, 6.07) is 18.2. The number of carboxylic acids is 1. The molecule has 2 aromatic carbocycles. The SMILES string of the molecule is Cc1cc2c(OCC(=O)O)cccc2n1CCc1ccccc1.[NaH]. The molecule has 0 saturated heterocycles. The molecule has 1 N–H and O–H groups in total. The summed E-state index contributed by atoms with van der Waals surface area (Å²) in [5.41, 5.74) is 3.51. The van der Waals surface area contributed by atoms with E-state index in [9.17, 15) is 4.79 Å². The van der Waals surface area contributed by atoms with Gasteiger partial charge in [0.15, 0.2) is 6.61 Å². The number of aliphatic carboxylic acids is 1. The summed E-state index contributed by atoms with van der Waals surface area (Å²) in [7, 11) is 0. The zero-order valence-corrected chi connectivity index (χ0v) is 13.0. The zero-order chi connectivity index (χ0) is 16.2. The van der Waals surface area contributed by atoms with Crippen molar-refractivity contribution >= 4 is 46.4 Å². The molecule has 0 aliphatic rings. The van der Waals surface area contributed by atoms with E-state index in [1.165, 1.54) is 5.56 Å². The summed E-state index contributed by atoms with van der Waals surface area (Å²) < 4.78 is 7.64. The molecule has 0 spiro atoms. The minimum atomic E-state index is -0.970. The standard InChI is InChI=1S/C19H19NO3.Na.H/c1-14-12-16-17(8-5-9-18(16)23-13-19(21)22)20(14)11-10-15-6-3-2-4-7-15;;/h2-9,12H,10-11,13H2,1H3,(H,21,22);;. The van der Waals surface area contributed by atoms with E-state index >= 15 is 0 Å². The average Bonchev–Trinajstić information content (AvgIpc) is 2.88. The quantitative estimate of drug-likeness (QED) is 0.706. The Morgan fingerprint density at radius 3 is 2.58 bits per heavy atom. The Morgan fingerprint density at radius 2 is 1.88 bits per heavy atom. The fraction of sp³-hybridized carbons (Fsp3) is 0.211. The molecule has 5 heteroatoms. The van der Waals surface area contributed by atoms with Crippen molar-refractivity contribution in [1.82, 2.24) is 4.57 Å². The Balaban J connectivity index is 0.00000208. The van der Waals surface area contributed by atoms with Crippen molar-refractivity contribution in [2.24, 2.45) is 0 Å². The number of rotatable bonds is 6. The van der Waals surface area contributed by atoms with Gasteiger partial charge in [0.1, 0.15) is 5.75 Å². The van der Waals surface area contributed by atoms with Gasteiger partial charge in [0, 0.05) is 17.6 Å². The van der Waals surface area contributed by atoms with E-state index in [4.69, 9.17) is 9.84 Å². The summed E-state index contributed by atoms with van der Waals surface area (Å²) in [6.45, 7) is 2.61. The van der Waals surface area contributed by atoms with Crippen molar-refractivity contribution < 1.29 is 14.6 Å². The molecule has 0 atom stereocenters. The van der Waals surface area contributed by atoms with Gasteiger partial charge in [-0.05, 0) is 37.1 Å². The third-order valence-corrected chi connectivity index (χ3v) is 3.93. The van der Waals surface area contributed by atoms with Crippen LogP contribution in [0.3, 0.4) is 0 Å². The van der Waals surface area contributed by atoms with Crippen LogP contribution in [0.4, 0.5) is 0 Å². The van der Waals surface area contributed by atoms with Gasteiger partial charge in [-0.25, -0.2) is 4.79 Å². The molecule has 120 valence electrons. The summed E-state index contributed by atoms with van der Waals surface area (Å²) >= 11 is 0. The van der Waals surface area contributed by atoms with E-state index in [2.05, 4.69) is 29.7 Å². The average molecular weight is 333 g/mol. The molecule has 3 rings (SSSR count). The van der Waals surface area contributed by atoms with Gasteiger partial charge in [0.25, 0.3) is 0 Å². The monoisotopic (exact) mass is 333 g/mol. The molecule has 3 aromatic rings. The number of fused-ring (bicyclic) bond motifs is 1. The van der Waals surface area contributed by atoms with E-state index < -0.39 is 5.97 Å². The molecular weight excluding hydrogens is 313 g/mol. The molecule has 1 heterocycles. The first-order valence-corrected chi connectivity index (χ1v) is 7.62. The van der Waals surface area contributed by atoms with Crippen LogP contribution in [0.15, 0.2) is 54.6 Å². The van der Waals surface area contributed by atoms with Crippen molar-refractivity contribution in [3.63, 3.8) is 0 Å². The molecule has 0 aliphatic heterocycles. The van der Waals surface area contributed by atoms with Gasteiger partial charge >= 0.3 is 35.5 Å². The van der Waals surface area contributed by atoms with Crippen LogP contribution in [0, 0.1) is 6.92 Å². The Labute approximate surface area is 163 Å². The third kappa shape index (κ3) is 4.20. The van der Waals surface area contributed by atoms with Gasteiger partial charge in [-0.1, -0.05) is 36.4 Å². The van der Waals surface area contributed by atoms with Gasteiger partial charge in [-0.3, -0.25) is 0 Å². The first-order chi connectivity index (χ1) is 11.1. The Bertz CT molecular complexity index is 827. The van der Waals surface area contributed by atoms with Crippen molar-refractivity contribution in [2.45, 2.75) is 19.9 Å². The molecule has 0 radical (unpaired) electrons. The predicted molar refractivity (Wildman–Crippen MR) is 97.1 cm³/mol. The van der Waals surface area contributed by atoms with Crippen molar-refractivity contribution in [2.75, 3.05) is 6.61 Å². The van der Waals surface area contributed by atoms with Crippen LogP contribution in [0.25, 0.3) is 10.9 Å². The molecule has 1 aromatic heterocycles. The first kappa shape index (κ1) is 18.6. The van der Waals surface area contributed by atoms with Crippen LogP contribution < -0.4 is 4.74 Å². The van der Waals surface area contributed by atoms with Crippen molar-refractivity contribution in [3.05, 3.63) is 65.9 Å². The van der Waals surface area contributed by atoms with Crippen LogP contribution in [0.5, 0.6) is 5.75 Å². The number of aryl methyl sites for hydroxylation is 3. The number of benzene rings is 2. The second-order valence-corrected chi connectivity index (χ2v) is 5.54. The maximum atomic E-state index is 10.7. The van der Waals surface area contributed by atoms with Crippen LogP contribution in [0.2, 0.25) is 0 Å². The summed E-state index contributed by atoms with van der Waals surface area (Å²) in [5.74, 6) is -0.353. The predicted octanol–water partition coefficient (Wildman–Crippen LogP) is 3.01. The normalized spacial score (nSPS) is 10.4. The number of aromatic nitrogens is 1. The van der Waals surface area contributed by atoms with Crippen LogP contribution in [-0.4, -0.2) is 51.8 Å². The minimum absolute atomic E-state index is 0. The van der Waals surface area contributed by atoms with E-state index in [0.717, 1.165) is 29.6 Å². The van der Waals surface area contributed by atoms with E-state index in [0.29, 0.717) is 5.75 Å². The van der Waals surface area contributed by atoms with Gasteiger partial charge in [0.05, 0.1) is 5.52 Å². The molecule has 0 fully saturated rings. The topological polar surface area (TPSA) is 51.5 Å². The Morgan fingerprint density at radius 1 is 1.12 bits per heavy atom. The molecule has 24 heavy (non-hydrogen) atoms. The molecule has 4 nitrogen and oxygen atoms in total. The molecule has 0 unspecified atom stereocenters. The fourth-order valence-corrected chi connectivity index (χ4v) is 2.84. The number of hydrogen-bond donors (Lipinski definition) is 1. The summed E-state index contributed by atoms with van der Waals surface area (Å²) in [4.78, 5) is 10.7. The van der Waals surface area contributed by atoms with Gasteiger partial charge in [-0.2, -0.15) is 0 Å². The van der Waals surface area contributed by atoms with Gasteiger partial charge < -0.3 is 14.4 Å². The fourth-order valence-electron chi connectivity index (χ4n) is 2.84. The van der Waals surface area contributed by atoms with Crippen LogP contribution in [-0.2, 0) is 17.8 Å². The molecule has 0 saturated carbocycles. The van der Waals surface area contributed by atoms with Gasteiger partial charge in [0.2, 0.25) is 0 Å². The van der Waals surface area contributed by atoms with Crippen LogP contribution in [0.1, 0.15) is 11.3 Å². The van der Waals surface area contributed by atoms with Crippen LogP contribution >= 0.6 is 0 Å². The zero-order valence-electron chi connectivity index (χ0n) is 13.0. The van der Waals surface area contributed by atoms with Crippen molar-refractivity contribution in [3.8, 4) is 5.75 Å². The molecule has 0 amide bonds. The third-order valence-electron chi connectivity index (χ3n) is 3.93. The Kier molecular flexibility index (Phi) is 6.49. The van der Waals surface area contributed by atoms with Crippen molar-refractivity contribution in [1.29, 1.82) is 0 Å². The number of carboxylic acid groups (broad SMARTS) is 1. The number of hydrogen-bond acceptors (Lipinski definition) is 2. The van der Waals surface area contributed by atoms with E-state index in [1.54, 1.807) is 0 Å². The Hall–Kier alpha value is -1.75. The molecule has 0 bridgehead atoms. The second-order valence-electron chi connectivity index (χ2n) is 5.54. The maximum absolute atomic E-state index is 10.7.